The fraction of sp³-hybridized carbons (Fsp3) is 0.600. The first-order valence-electron chi connectivity index (χ1n) is 9.33. The molecular weight excluding hydrogens is 368 g/mol. The van der Waals surface area contributed by atoms with Crippen molar-refractivity contribution in [1.82, 2.24) is 0 Å². The van der Waals surface area contributed by atoms with E-state index in [2.05, 4.69) is 0 Å². The van der Waals surface area contributed by atoms with Crippen LogP contribution in [0.5, 0.6) is 0 Å². The topological polar surface area (TPSA) is 134 Å². The van der Waals surface area contributed by atoms with Crippen molar-refractivity contribution in [2.75, 3.05) is 6.61 Å². The summed E-state index contributed by atoms with van der Waals surface area (Å²) in [6.07, 6.45) is -6.91. The number of carbonyl (C=O) groups is 2. The molecule has 8 heteroatoms. The maximum atomic E-state index is 12.4. The Kier molecular flexibility index (Phi) is 5.88. The molecule has 1 fully saturated rings. The summed E-state index contributed by atoms with van der Waals surface area (Å²) < 4.78 is 10.6. The largest absolute Gasteiger partial charge is 0.479 e. The lowest BCUT2D eigenvalue weighted by atomic mass is 9.92. The van der Waals surface area contributed by atoms with E-state index in [1.807, 2.05) is 26.8 Å². The van der Waals surface area contributed by atoms with Gasteiger partial charge in [-0.05, 0) is 48.9 Å². The number of benzene rings is 1. The molecule has 6 atom stereocenters. The molecule has 1 unspecified atom stereocenters. The van der Waals surface area contributed by atoms with Crippen molar-refractivity contribution in [1.29, 1.82) is 0 Å². The average molecular weight is 394 g/mol. The number of hydrogen-bond donors (Lipinski definition) is 4. The molecule has 0 saturated carbocycles. The Balaban J connectivity index is 1.70. The molecule has 1 aliphatic heterocycles. The first kappa shape index (κ1) is 20.9. The van der Waals surface area contributed by atoms with Gasteiger partial charge in [0.25, 0.3) is 0 Å². The molecule has 4 N–H and O–H groups in total. The minimum Gasteiger partial charge on any atom is -0.479 e. The number of aliphatic carboxylic acids is 1. The number of aryl methyl sites for hydroxylation is 1. The lowest BCUT2D eigenvalue weighted by molar-refractivity contribution is -0.293. The zero-order valence-corrected chi connectivity index (χ0v) is 16.1. The Labute approximate surface area is 162 Å². The molecule has 28 heavy (non-hydrogen) atoms. The van der Waals surface area contributed by atoms with Crippen molar-refractivity contribution in [3.63, 3.8) is 0 Å². The molecule has 1 heterocycles. The van der Waals surface area contributed by atoms with Gasteiger partial charge in [-0.1, -0.05) is 13.0 Å². The van der Waals surface area contributed by atoms with Crippen LogP contribution in [0.15, 0.2) is 6.07 Å². The van der Waals surface area contributed by atoms with Crippen LogP contribution in [0.2, 0.25) is 0 Å². The second-order valence-corrected chi connectivity index (χ2v) is 7.66. The van der Waals surface area contributed by atoms with Crippen LogP contribution in [0, 0.1) is 19.8 Å². The van der Waals surface area contributed by atoms with Crippen molar-refractivity contribution in [3.05, 3.63) is 33.9 Å². The number of aliphatic hydroxyl groups excluding tert-OH is 3. The first-order chi connectivity index (χ1) is 13.1. The number of carboxylic acid groups (broad SMARTS) is 1. The van der Waals surface area contributed by atoms with Gasteiger partial charge in [-0.2, -0.15) is 0 Å². The molecule has 154 valence electrons. The van der Waals surface area contributed by atoms with Gasteiger partial charge in [-0.3, -0.25) is 4.79 Å². The van der Waals surface area contributed by atoms with E-state index in [1.54, 1.807) is 0 Å². The van der Waals surface area contributed by atoms with Crippen LogP contribution in [0.25, 0.3) is 0 Å². The fourth-order valence-corrected chi connectivity index (χ4v) is 4.13. The summed E-state index contributed by atoms with van der Waals surface area (Å²) in [6.45, 7) is 5.87. The van der Waals surface area contributed by atoms with E-state index >= 15 is 0 Å². The predicted octanol–water partition coefficient (Wildman–Crippen LogP) is 0.130. The SMILES string of the molecule is Cc1cc2c(c(C)c1CCO[C@@H]1O[C@H](C(=O)O)[C@@H](O)[C@H](O)[C@H]1O)C(=O)C(C)C2. The highest BCUT2D eigenvalue weighted by Crippen LogP contribution is 2.33. The van der Waals surface area contributed by atoms with Crippen LogP contribution in [-0.4, -0.2) is 69.5 Å². The van der Waals surface area contributed by atoms with Crippen molar-refractivity contribution >= 4 is 11.8 Å². The van der Waals surface area contributed by atoms with E-state index in [1.165, 1.54) is 0 Å². The molecule has 0 spiro atoms. The monoisotopic (exact) mass is 394 g/mol. The number of carboxylic acids is 1. The van der Waals surface area contributed by atoms with Crippen molar-refractivity contribution in [2.45, 2.75) is 64.3 Å². The molecule has 0 amide bonds. The maximum Gasteiger partial charge on any atom is 0.335 e. The number of fused-ring (bicyclic) bond motifs is 1. The Hall–Kier alpha value is -1.84. The third kappa shape index (κ3) is 3.58. The van der Waals surface area contributed by atoms with E-state index in [-0.39, 0.29) is 18.3 Å². The number of ether oxygens (including phenoxy) is 2. The van der Waals surface area contributed by atoms with E-state index < -0.39 is 36.7 Å². The van der Waals surface area contributed by atoms with Gasteiger partial charge in [0.1, 0.15) is 18.3 Å². The van der Waals surface area contributed by atoms with E-state index in [9.17, 15) is 24.9 Å². The standard InChI is InChI=1S/C20H26O8/c1-8-6-11-7-9(2)14(21)13(11)10(3)12(8)4-5-27-20-17(24)15(22)16(23)18(28-20)19(25)26/h6,9,15-18,20,22-24H,4-5,7H2,1-3H3,(H,25,26)/t9?,15-,16-,17+,18-,20+/m0/s1. The third-order valence-electron chi connectivity index (χ3n) is 5.68. The van der Waals surface area contributed by atoms with Gasteiger partial charge < -0.3 is 29.9 Å². The average Bonchev–Trinajstić information content (AvgIpc) is 2.91. The summed E-state index contributed by atoms with van der Waals surface area (Å²) >= 11 is 0. The Morgan fingerprint density at radius 3 is 2.54 bits per heavy atom. The second-order valence-electron chi connectivity index (χ2n) is 7.66. The van der Waals surface area contributed by atoms with Crippen LogP contribution in [0.1, 0.15) is 39.5 Å². The molecule has 2 aliphatic rings. The lowest BCUT2D eigenvalue weighted by Gasteiger charge is -2.38. The van der Waals surface area contributed by atoms with Gasteiger partial charge in [0.2, 0.25) is 0 Å². The molecular formula is C20H26O8. The third-order valence-corrected chi connectivity index (χ3v) is 5.68. The van der Waals surface area contributed by atoms with Gasteiger partial charge in [0.05, 0.1) is 6.61 Å². The minimum atomic E-state index is -1.75. The molecule has 0 aromatic heterocycles. The summed E-state index contributed by atoms with van der Waals surface area (Å²) in [5.74, 6) is -1.33. The summed E-state index contributed by atoms with van der Waals surface area (Å²) in [7, 11) is 0. The van der Waals surface area contributed by atoms with Crippen molar-refractivity contribution in [2.24, 2.45) is 5.92 Å². The fourth-order valence-electron chi connectivity index (χ4n) is 4.13. The van der Waals surface area contributed by atoms with Gasteiger partial charge in [-0.25, -0.2) is 4.79 Å². The highest BCUT2D eigenvalue weighted by Gasteiger charge is 2.47. The highest BCUT2D eigenvalue weighted by molar-refractivity contribution is 6.03. The van der Waals surface area contributed by atoms with Crippen molar-refractivity contribution < 1.29 is 39.5 Å². The number of aliphatic hydroxyl groups is 3. The van der Waals surface area contributed by atoms with Crippen LogP contribution in [0.3, 0.4) is 0 Å². The lowest BCUT2D eigenvalue weighted by Crippen LogP contribution is -2.60. The van der Waals surface area contributed by atoms with Crippen LogP contribution in [0.4, 0.5) is 0 Å². The summed E-state index contributed by atoms with van der Waals surface area (Å²) in [6, 6.07) is 2.02. The molecule has 1 aromatic carbocycles. The molecule has 1 aliphatic carbocycles. The normalized spacial score (nSPS) is 32.4. The van der Waals surface area contributed by atoms with Crippen molar-refractivity contribution in [3.8, 4) is 0 Å². The van der Waals surface area contributed by atoms with Crippen LogP contribution in [-0.2, 0) is 27.1 Å². The Morgan fingerprint density at radius 1 is 1.21 bits per heavy atom. The summed E-state index contributed by atoms with van der Waals surface area (Å²) in [5, 5.41) is 38.6. The molecule has 8 nitrogen and oxygen atoms in total. The molecule has 3 rings (SSSR count). The number of ketones is 1. The maximum absolute atomic E-state index is 12.4. The Morgan fingerprint density at radius 2 is 1.89 bits per heavy atom. The number of carbonyl (C=O) groups excluding carboxylic acids is 1. The predicted molar refractivity (Wildman–Crippen MR) is 97.1 cm³/mol. The molecule has 0 radical (unpaired) electrons. The van der Waals surface area contributed by atoms with Crippen LogP contribution < -0.4 is 0 Å². The number of hydrogen-bond acceptors (Lipinski definition) is 7. The van der Waals surface area contributed by atoms with E-state index in [0.717, 1.165) is 34.2 Å². The first-order valence-corrected chi connectivity index (χ1v) is 9.33. The Bertz CT molecular complexity index is 789. The zero-order valence-electron chi connectivity index (χ0n) is 16.1. The van der Waals surface area contributed by atoms with Gasteiger partial charge >= 0.3 is 5.97 Å². The number of Topliss-reactive ketones (excluding diaryl/α,β-unsaturated/α-hetero) is 1. The summed E-state index contributed by atoms with van der Waals surface area (Å²) in [5.41, 5.74) is 4.74. The molecule has 1 aromatic rings. The zero-order chi connectivity index (χ0) is 20.7. The quantitative estimate of drug-likeness (QED) is 0.554. The second kappa shape index (κ2) is 7.88. The summed E-state index contributed by atoms with van der Waals surface area (Å²) in [4.78, 5) is 23.6. The smallest absolute Gasteiger partial charge is 0.335 e. The molecule has 1 saturated heterocycles. The van der Waals surface area contributed by atoms with Crippen LogP contribution >= 0.6 is 0 Å². The van der Waals surface area contributed by atoms with Gasteiger partial charge in [0, 0.05) is 11.5 Å². The molecule has 0 bridgehead atoms. The van der Waals surface area contributed by atoms with E-state index in [4.69, 9.17) is 14.6 Å². The van der Waals surface area contributed by atoms with E-state index in [0.29, 0.717) is 6.42 Å². The minimum absolute atomic E-state index is 0.0220. The number of rotatable bonds is 5. The van der Waals surface area contributed by atoms with Gasteiger partial charge in [-0.15, -0.1) is 0 Å². The highest BCUT2D eigenvalue weighted by atomic mass is 16.7. The van der Waals surface area contributed by atoms with Gasteiger partial charge in [0.15, 0.2) is 18.2 Å².